The number of unbranched alkanes of at least 4 members (excludes halogenated alkanes) is 7. The van der Waals surface area contributed by atoms with Gasteiger partial charge >= 0.3 is 5.97 Å². The molecule has 0 aromatic heterocycles. The fourth-order valence-corrected chi connectivity index (χ4v) is 2.22. The van der Waals surface area contributed by atoms with Crippen molar-refractivity contribution in [3.8, 4) is 0 Å². The number of aliphatic carboxylic acids is 1. The van der Waals surface area contributed by atoms with Crippen LogP contribution in [0.4, 0.5) is 0 Å². The number of alkyl halides is 1. The van der Waals surface area contributed by atoms with E-state index in [9.17, 15) is 9.90 Å². The Labute approximate surface area is 116 Å². The molecule has 0 rings (SSSR count). The Morgan fingerprint density at radius 3 is 2.06 bits per heavy atom. The molecule has 18 heavy (non-hydrogen) atoms. The van der Waals surface area contributed by atoms with E-state index >= 15 is 0 Å². The molecule has 2 unspecified atom stereocenters. The first-order chi connectivity index (χ1) is 8.57. The van der Waals surface area contributed by atoms with Crippen LogP contribution in [-0.2, 0) is 4.79 Å². The molecule has 0 heterocycles. The summed E-state index contributed by atoms with van der Waals surface area (Å²) in [6.45, 7) is 2.21. The van der Waals surface area contributed by atoms with Crippen molar-refractivity contribution in [2.45, 2.75) is 82.6 Å². The molecule has 3 nitrogen and oxygen atoms in total. The lowest BCUT2D eigenvalue weighted by Crippen LogP contribution is -2.24. The molecule has 0 aromatic rings. The minimum atomic E-state index is -0.996. The molecular formula is C14H27ClO3. The van der Waals surface area contributed by atoms with Crippen LogP contribution in [0.5, 0.6) is 0 Å². The summed E-state index contributed by atoms with van der Waals surface area (Å²) in [6.07, 6.45) is 9.32. The van der Waals surface area contributed by atoms with E-state index in [1.807, 2.05) is 0 Å². The monoisotopic (exact) mass is 278 g/mol. The Morgan fingerprint density at radius 2 is 1.56 bits per heavy atom. The zero-order valence-electron chi connectivity index (χ0n) is 11.4. The van der Waals surface area contributed by atoms with Crippen LogP contribution in [-0.4, -0.2) is 27.7 Å². The van der Waals surface area contributed by atoms with Gasteiger partial charge in [0.1, 0.15) is 0 Å². The van der Waals surface area contributed by atoms with Crippen LogP contribution in [0.15, 0.2) is 0 Å². The molecule has 2 atom stereocenters. The van der Waals surface area contributed by atoms with E-state index in [0.717, 1.165) is 12.8 Å². The van der Waals surface area contributed by atoms with E-state index in [2.05, 4.69) is 6.92 Å². The van der Waals surface area contributed by atoms with Gasteiger partial charge in [-0.1, -0.05) is 58.3 Å². The average molecular weight is 279 g/mol. The van der Waals surface area contributed by atoms with Crippen molar-refractivity contribution < 1.29 is 15.0 Å². The molecule has 0 saturated carbocycles. The van der Waals surface area contributed by atoms with Gasteiger partial charge in [-0.2, -0.15) is 0 Å². The molecule has 0 amide bonds. The normalized spacial score (nSPS) is 14.4. The standard InChI is InChI=1S/C14H27ClO3/c1-2-3-4-5-6-7-8-9-10-12(15)13(16)11-14(17)18/h12-13,16H,2-11H2,1H3,(H,17,18). The van der Waals surface area contributed by atoms with Crippen molar-refractivity contribution in [1.82, 2.24) is 0 Å². The fourth-order valence-electron chi connectivity index (χ4n) is 1.97. The number of aliphatic hydroxyl groups excluding tert-OH is 1. The summed E-state index contributed by atoms with van der Waals surface area (Å²) in [7, 11) is 0. The lowest BCUT2D eigenvalue weighted by molar-refractivity contribution is -0.139. The summed E-state index contributed by atoms with van der Waals surface area (Å²) in [5, 5.41) is 17.6. The minimum Gasteiger partial charge on any atom is -0.481 e. The Kier molecular flexibility index (Phi) is 11.6. The van der Waals surface area contributed by atoms with E-state index in [1.54, 1.807) is 0 Å². The Morgan fingerprint density at radius 1 is 1.06 bits per heavy atom. The number of hydrogen-bond acceptors (Lipinski definition) is 2. The van der Waals surface area contributed by atoms with Crippen molar-refractivity contribution in [3.05, 3.63) is 0 Å². The third kappa shape index (κ3) is 10.8. The second-order valence-corrected chi connectivity index (χ2v) is 5.51. The van der Waals surface area contributed by atoms with Crippen LogP contribution in [0.3, 0.4) is 0 Å². The number of carbonyl (C=O) groups is 1. The van der Waals surface area contributed by atoms with E-state index < -0.39 is 17.5 Å². The van der Waals surface area contributed by atoms with Crippen molar-refractivity contribution in [1.29, 1.82) is 0 Å². The first kappa shape index (κ1) is 17.7. The summed E-state index contributed by atoms with van der Waals surface area (Å²) in [5.74, 6) is -0.996. The molecule has 4 heteroatoms. The predicted octanol–water partition coefficient (Wildman–Crippen LogP) is 3.96. The molecule has 108 valence electrons. The van der Waals surface area contributed by atoms with Crippen LogP contribution in [0, 0.1) is 0 Å². The van der Waals surface area contributed by atoms with Crippen molar-refractivity contribution in [3.63, 3.8) is 0 Å². The summed E-state index contributed by atoms with van der Waals surface area (Å²) >= 11 is 5.94. The van der Waals surface area contributed by atoms with Gasteiger partial charge in [0, 0.05) is 0 Å². The maximum atomic E-state index is 10.4. The summed E-state index contributed by atoms with van der Waals surface area (Å²) in [6, 6.07) is 0. The molecule has 0 saturated heterocycles. The molecule has 2 N–H and O–H groups in total. The Bertz CT molecular complexity index is 209. The van der Waals surface area contributed by atoms with Gasteiger partial charge in [0.2, 0.25) is 0 Å². The number of hydrogen-bond donors (Lipinski definition) is 2. The molecular weight excluding hydrogens is 252 g/mol. The SMILES string of the molecule is CCCCCCCCCCC(Cl)C(O)CC(=O)O. The first-order valence-electron chi connectivity index (χ1n) is 7.11. The molecule has 0 aliphatic rings. The third-order valence-electron chi connectivity index (χ3n) is 3.13. The lowest BCUT2D eigenvalue weighted by Gasteiger charge is -2.14. The predicted molar refractivity (Wildman–Crippen MR) is 75.1 cm³/mol. The van der Waals surface area contributed by atoms with Crippen LogP contribution in [0.25, 0.3) is 0 Å². The van der Waals surface area contributed by atoms with Crippen molar-refractivity contribution >= 4 is 17.6 Å². The first-order valence-corrected chi connectivity index (χ1v) is 7.55. The molecule has 0 radical (unpaired) electrons. The van der Waals surface area contributed by atoms with Crippen molar-refractivity contribution in [2.24, 2.45) is 0 Å². The second-order valence-electron chi connectivity index (χ2n) is 4.94. The number of carboxylic acid groups (broad SMARTS) is 1. The third-order valence-corrected chi connectivity index (χ3v) is 3.64. The van der Waals surface area contributed by atoms with Crippen LogP contribution in [0.2, 0.25) is 0 Å². The van der Waals surface area contributed by atoms with Gasteiger partial charge in [-0.3, -0.25) is 4.79 Å². The van der Waals surface area contributed by atoms with Crippen molar-refractivity contribution in [2.75, 3.05) is 0 Å². The Balaban J connectivity index is 3.34. The highest BCUT2D eigenvalue weighted by Crippen LogP contribution is 2.16. The van der Waals surface area contributed by atoms with Gasteiger partial charge < -0.3 is 10.2 Å². The number of rotatable bonds is 12. The summed E-state index contributed by atoms with van der Waals surface area (Å²) in [5.41, 5.74) is 0. The summed E-state index contributed by atoms with van der Waals surface area (Å²) < 4.78 is 0. The van der Waals surface area contributed by atoms with E-state index in [0.29, 0.717) is 6.42 Å². The number of halogens is 1. The largest absolute Gasteiger partial charge is 0.481 e. The molecule has 0 spiro atoms. The fraction of sp³-hybridized carbons (Fsp3) is 0.929. The maximum Gasteiger partial charge on any atom is 0.306 e. The zero-order valence-corrected chi connectivity index (χ0v) is 12.2. The molecule has 0 bridgehead atoms. The zero-order chi connectivity index (χ0) is 13.8. The van der Waals surface area contributed by atoms with Crippen LogP contribution >= 0.6 is 11.6 Å². The van der Waals surface area contributed by atoms with E-state index in [1.165, 1.54) is 38.5 Å². The van der Waals surface area contributed by atoms with Gasteiger partial charge in [0.15, 0.2) is 0 Å². The minimum absolute atomic E-state index is 0.259. The van der Waals surface area contributed by atoms with Gasteiger partial charge in [0.25, 0.3) is 0 Å². The molecule has 0 aliphatic carbocycles. The average Bonchev–Trinajstić information content (AvgIpc) is 2.31. The van der Waals surface area contributed by atoms with Gasteiger partial charge in [0.05, 0.1) is 17.9 Å². The highest BCUT2D eigenvalue weighted by atomic mass is 35.5. The van der Waals surface area contributed by atoms with Gasteiger partial charge in [-0.25, -0.2) is 0 Å². The molecule has 0 fully saturated rings. The van der Waals surface area contributed by atoms with Gasteiger partial charge in [-0.15, -0.1) is 11.6 Å². The number of aliphatic hydroxyl groups is 1. The Hall–Kier alpha value is -0.280. The topological polar surface area (TPSA) is 57.5 Å². The van der Waals surface area contributed by atoms with E-state index in [4.69, 9.17) is 16.7 Å². The summed E-state index contributed by atoms with van der Waals surface area (Å²) in [4.78, 5) is 10.4. The quantitative estimate of drug-likeness (QED) is 0.420. The maximum absolute atomic E-state index is 10.4. The highest BCUT2D eigenvalue weighted by Gasteiger charge is 2.18. The molecule has 0 aliphatic heterocycles. The van der Waals surface area contributed by atoms with Crippen LogP contribution in [0.1, 0.15) is 71.1 Å². The second kappa shape index (κ2) is 11.8. The van der Waals surface area contributed by atoms with Gasteiger partial charge in [-0.05, 0) is 6.42 Å². The molecule has 0 aromatic carbocycles. The van der Waals surface area contributed by atoms with E-state index in [-0.39, 0.29) is 6.42 Å². The van der Waals surface area contributed by atoms with Crippen LogP contribution < -0.4 is 0 Å². The number of carboxylic acids is 1. The lowest BCUT2D eigenvalue weighted by atomic mass is 10.0. The smallest absolute Gasteiger partial charge is 0.306 e. The highest BCUT2D eigenvalue weighted by molar-refractivity contribution is 6.21.